The number of hydrogen-bond acceptors (Lipinski definition) is 2. The second-order valence-corrected chi connectivity index (χ2v) is 5.18. The number of amides is 1. The van der Waals surface area contributed by atoms with Gasteiger partial charge in [-0.3, -0.25) is 4.79 Å². The number of carbonyl (C=O) groups excluding carboxylic acids is 1. The van der Waals surface area contributed by atoms with Crippen molar-refractivity contribution in [3.63, 3.8) is 0 Å². The number of nitrogens with two attached hydrogens (primary N) is 1. The Hall–Kier alpha value is -2.03. The van der Waals surface area contributed by atoms with Crippen LogP contribution in [0.3, 0.4) is 0 Å². The number of nitrogen functional groups attached to an aromatic ring is 1. The van der Waals surface area contributed by atoms with Crippen molar-refractivity contribution in [1.82, 2.24) is 5.32 Å². The number of nitrogens with one attached hydrogen (secondary N) is 1. The fourth-order valence-electron chi connectivity index (χ4n) is 2.36. The van der Waals surface area contributed by atoms with E-state index < -0.39 is 0 Å². The fourth-order valence-corrected chi connectivity index (χ4v) is 2.36. The Morgan fingerprint density at radius 1 is 1.15 bits per heavy atom. The summed E-state index contributed by atoms with van der Waals surface area (Å²) in [5.41, 5.74) is 7.10. The molecule has 0 saturated heterocycles. The molecule has 2 aromatic carbocycles. The van der Waals surface area contributed by atoms with E-state index in [2.05, 4.69) is 19.2 Å². The summed E-state index contributed by atoms with van der Waals surface area (Å²) in [7, 11) is 0. The number of fused-ring (bicyclic) bond motifs is 1. The molecule has 0 aromatic heterocycles. The number of anilines is 1. The monoisotopic (exact) mass is 270 g/mol. The molecule has 106 valence electrons. The van der Waals surface area contributed by atoms with E-state index >= 15 is 0 Å². The maximum Gasteiger partial charge on any atom is 0.253 e. The molecule has 1 amide bonds. The predicted octanol–water partition coefficient (Wildman–Crippen LogP) is 3.59. The van der Waals surface area contributed by atoms with Gasteiger partial charge in [0.05, 0.1) is 5.56 Å². The van der Waals surface area contributed by atoms with E-state index in [-0.39, 0.29) is 5.91 Å². The van der Waals surface area contributed by atoms with Crippen LogP contribution in [0.4, 0.5) is 5.69 Å². The number of rotatable bonds is 5. The van der Waals surface area contributed by atoms with E-state index in [1.807, 2.05) is 36.4 Å². The van der Waals surface area contributed by atoms with Gasteiger partial charge in [-0.15, -0.1) is 0 Å². The van der Waals surface area contributed by atoms with Gasteiger partial charge >= 0.3 is 0 Å². The second kappa shape index (κ2) is 6.42. The molecule has 0 heterocycles. The fraction of sp³-hybridized carbons (Fsp3) is 0.353. The van der Waals surface area contributed by atoms with E-state index in [1.54, 1.807) is 0 Å². The molecule has 2 aromatic rings. The lowest BCUT2D eigenvalue weighted by atomic mass is 10.0. The van der Waals surface area contributed by atoms with Crippen LogP contribution in [-0.4, -0.2) is 12.5 Å². The number of hydrogen-bond donors (Lipinski definition) is 2. The van der Waals surface area contributed by atoms with Crippen molar-refractivity contribution in [1.29, 1.82) is 0 Å². The van der Waals surface area contributed by atoms with Crippen LogP contribution in [0.2, 0.25) is 0 Å². The minimum absolute atomic E-state index is 0.0832. The van der Waals surface area contributed by atoms with Gasteiger partial charge in [0.1, 0.15) is 0 Å². The van der Waals surface area contributed by atoms with Gasteiger partial charge in [0.25, 0.3) is 5.91 Å². The molecule has 0 radical (unpaired) electrons. The topological polar surface area (TPSA) is 55.1 Å². The van der Waals surface area contributed by atoms with E-state index in [0.717, 1.165) is 23.6 Å². The molecule has 3 N–H and O–H groups in total. The molecule has 0 unspecified atom stereocenters. The first-order valence-electron chi connectivity index (χ1n) is 7.22. The van der Waals surface area contributed by atoms with Crippen molar-refractivity contribution in [3.05, 3.63) is 42.0 Å². The van der Waals surface area contributed by atoms with E-state index in [1.165, 1.54) is 0 Å². The lowest BCUT2D eigenvalue weighted by Gasteiger charge is -2.14. The molecule has 0 fully saturated rings. The summed E-state index contributed by atoms with van der Waals surface area (Å²) >= 11 is 0. The molecule has 2 rings (SSSR count). The molecule has 20 heavy (non-hydrogen) atoms. The van der Waals surface area contributed by atoms with Gasteiger partial charge < -0.3 is 11.1 Å². The van der Waals surface area contributed by atoms with Crippen LogP contribution in [0.25, 0.3) is 10.8 Å². The van der Waals surface area contributed by atoms with Crippen LogP contribution >= 0.6 is 0 Å². The van der Waals surface area contributed by atoms with E-state index in [9.17, 15) is 4.79 Å². The van der Waals surface area contributed by atoms with E-state index in [0.29, 0.717) is 23.7 Å². The summed E-state index contributed by atoms with van der Waals surface area (Å²) in [6, 6.07) is 11.7. The molecular weight excluding hydrogens is 248 g/mol. The minimum atomic E-state index is -0.0832. The summed E-state index contributed by atoms with van der Waals surface area (Å²) in [6.07, 6.45) is 2.15. The second-order valence-electron chi connectivity index (χ2n) is 5.18. The van der Waals surface area contributed by atoms with Gasteiger partial charge in [0.15, 0.2) is 0 Å². The predicted molar refractivity (Wildman–Crippen MR) is 84.8 cm³/mol. The van der Waals surface area contributed by atoms with Crippen LogP contribution in [0.1, 0.15) is 37.0 Å². The van der Waals surface area contributed by atoms with E-state index in [4.69, 9.17) is 5.73 Å². The number of benzene rings is 2. The lowest BCUT2D eigenvalue weighted by Crippen LogP contribution is -2.29. The van der Waals surface area contributed by atoms with Crippen LogP contribution in [0.15, 0.2) is 36.4 Å². The van der Waals surface area contributed by atoms with Gasteiger partial charge in [0, 0.05) is 12.2 Å². The molecule has 0 saturated carbocycles. The standard InChI is InChI=1S/C17H22N2O/c1-3-12(4-2)11-19-17(20)15-9-13-7-5-6-8-14(13)10-16(15)18/h5-10,12H,3-4,11,18H2,1-2H3,(H,19,20). The summed E-state index contributed by atoms with van der Waals surface area (Å²) in [6.45, 7) is 4.99. The number of carbonyl (C=O) groups is 1. The van der Waals surface area contributed by atoms with Crippen LogP contribution < -0.4 is 11.1 Å². The Kier molecular flexibility index (Phi) is 4.61. The molecule has 0 aliphatic carbocycles. The van der Waals surface area contributed by atoms with Crippen molar-refractivity contribution < 1.29 is 4.79 Å². The Morgan fingerprint density at radius 3 is 2.35 bits per heavy atom. The summed E-state index contributed by atoms with van der Waals surface area (Å²) in [4.78, 5) is 12.3. The third-order valence-electron chi connectivity index (χ3n) is 3.87. The summed E-state index contributed by atoms with van der Waals surface area (Å²) in [5, 5.41) is 5.08. The Bertz CT molecular complexity index is 603. The average molecular weight is 270 g/mol. The molecule has 0 aliphatic heterocycles. The zero-order valence-corrected chi connectivity index (χ0v) is 12.1. The third kappa shape index (κ3) is 3.10. The Balaban J connectivity index is 2.19. The first kappa shape index (κ1) is 14.4. The Morgan fingerprint density at radius 2 is 1.75 bits per heavy atom. The highest BCUT2D eigenvalue weighted by Gasteiger charge is 2.12. The van der Waals surface area contributed by atoms with Crippen molar-refractivity contribution in [2.24, 2.45) is 5.92 Å². The Labute approximate surface area is 120 Å². The van der Waals surface area contributed by atoms with Gasteiger partial charge in [-0.2, -0.15) is 0 Å². The van der Waals surface area contributed by atoms with Crippen LogP contribution in [-0.2, 0) is 0 Å². The largest absolute Gasteiger partial charge is 0.398 e. The maximum absolute atomic E-state index is 12.3. The first-order valence-corrected chi connectivity index (χ1v) is 7.22. The smallest absolute Gasteiger partial charge is 0.253 e. The van der Waals surface area contributed by atoms with Crippen LogP contribution in [0, 0.1) is 5.92 Å². The van der Waals surface area contributed by atoms with Gasteiger partial charge in [-0.1, -0.05) is 51.0 Å². The molecular formula is C17H22N2O. The van der Waals surface area contributed by atoms with Gasteiger partial charge in [-0.05, 0) is 28.8 Å². The van der Waals surface area contributed by atoms with Crippen molar-refractivity contribution in [3.8, 4) is 0 Å². The molecule has 0 spiro atoms. The highest BCUT2D eigenvalue weighted by molar-refractivity contribution is 6.03. The molecule has 0 bridgehead atoms. The summed E-state index contributed by atoms with van der Waals surface area (Å²) in [5.74, 6) is 0.445. The van der Waals surface area contributed by atoms with Gasteiger partial charge in [-0.25, -0.2) is 0 Å². The first-order chi connectivity index (χ1) is 9.65. The zero-order chi connectivity index (χ0) is 14.5. The van der Waals surface area contributed by atoms with Crippen molar-refractivity contribution >= 4 is 22.4 Å². The SMILES string of the molecule is CCC(CC)CNC(=O)c1cc2ccccc2cc1N. The average Bonchev–Trinajstić information content (AvgIpc) is 2.47. The zero-order valence-electron chi connectivity index (χ0n) is 12.1. The quantitative estimate of drug-likeness (QED) is 0.816. The highest BCUT2D eigenvalue weighted by Crippen LogP contribution is 2.21. The normalized spacial score (nSPS) is 10.9. The van der Waals surface area contributed by atoms with Crippen LogP contribution in [0.5, 0.6) is 0 Å². The van der Waals surface area contributed by atoms with Gasteiger partial charge in [0.2, 0.25) is 0 Å². The minimum Gasteiger partial charge on any atom is -0.398 e. The third-order valence-corrected chi connectivity index (χ3v) is 3.87. The summed E-state index contributed by atoms with van der Waals surface area (Å²) < 4.78 is 0. The van der Waals surface area contributed by atoms with Crippen molar-refractivity contribution in [2.45, 2.75) is 26.7 Å². The lowest BCUT2D eigenvalue weighted by molar-refractivity contribution is 0.0947. The molecule has 0 atom stereocenters. The van der Waals surface area contributed by atoms with Crippen molar-refractivity contribution in [2.75, 3.05) is 12.3 Å². The molecule has 3 heteroatoms. The molecule has 0 aliphatic rings. The maximum atomic E-state index is 12.3. The highest BCUT2D eigenvalue weighted by atomic mass is 16.1. The molecule has 3 nitrogen and oxygen atoms in total.